The second kappa shape index (κ2) is 3.98. The van der Waals surface area contributed by atoms with Crippen molar-refractivity contribution in [2.24, 2.45) is 11.7 Å². The Morgan fingerprint density at radius 3 is 3.00 bits per heavy atom. The predicted molar refractivity (Wildman–Crippen MR) is 54.0 cm³/mol. The summed E-state index contributed by atoms with van der Waals surface area (Å²) in [5.74, 6) is 0.661. The standard InChI is InChI=1S/C11H15NO2/c12-11(9-4-5-14-7-9)8-2-1-3-10(13)6-8/h1-3,6,9,11,13H,4-5,7,12H2. The van der Waals surface area contributed by atoms with Crippen LogP contribution in [-0.4, -0.2) is 18.3 Å². The van der Waals surface area contributed by atoms with Gasteiger partial charge in [-0.05, 0) is 24.1 Å². The summed E-state index contributed by atoms with van der Waals surface area (Å²) < 4.78 is 5.29. The van der Waals surface area contributed by atoms with E-state index >= 15 is 0 Å². The van der Waals surface area contributed by atoms with Gasteiger partial charge in [-0.2, -0.15) is 0 Å². The van der Waals surface area contributed by atoms with Crippen molar-refractivity contribution in [1.29, 1.82) is 0 Å². The van der Waals surface area contributed by atoms with Gasteiger partial charge in [-0.3, -0.25) is 0 Å². The molecule has 1 aromatic rings. The maximum Gasteiger partial charge on any atom is 0.115 e. The van der Waals surface area contributed by atoms with Gasteiger partial charge in [0.2, 0.25) is 0 Å². The molecule has 0 saturated carbocycles. The van der Waals surface area contributed by atoms with Gasteiger partial charge in [0.15, 0.2) is 0 Å². The molecule has 1 aliphatic rings. The smallest absolute Gasteiger partial charge is 0.115 e. The highest BCUT2D eigenvalue weighted by Crippen LogP contribution is 2.27. The molecule has 2 rings (SSSR count). The van der Waals surface area contributed by atoms with Gasteiger partial charge in [0.25, 0.3) is 0 Å². The van der Waals surface area contributed by atoms with E-state index in [-0.39, 0.29) is 11.8 Å². The Kier molecular flexibility index (Phi) is 2.70. The maximum atomic E-state index is 9.32. The van der Waals surface area contributed by atoms with Gasteiger partial charge in [-0.15, -0.1) is 0 Å². The van der Waals surface area contributed by atoms with E-state index in [1.165, 1.54) is 0 Å². The molecule has 3 heteroatoms. The number of ether oxygens (including phenoxy) is 1. The van der Waals surface area contributed by atoms with Crippen LogP contribution >= 0.6 is 0 Å². The van der Waals surface area contributed by atoms with Crippen LogP contribution in [0.5, 0.6) is 5.75 Å². The Labute approximate surface area is 83.5 Å². The minimum atomic E-state index is -0.0235. The number of hydrogen-bond donors (Lipinski definition) is 2. The van der Waals surface area contributed by atoms with Crippen LogP contribution in [0, 0.1) is 5.92 Å². The fraction of sp³-hybridized carbons (Fsp3) is 0.455. The Morgan fingerprint density at radius 1 is 1.50 bits per heavy atom. The first-order chi connectivity index (χ1) is 6.77. The number of aromatic hydroxyl groups is 1. The lowest BCUT2D eigenvalue weighted by Crippen LogP contribution is -2.21. The van der Waals surface area contributed by atoms with Crippen LogP contribution in [0.25, 0.3) is 0 Å². The summed E-state index contributed by atoms with van der Waals surface area (Å²) >= 11 is 0. The maximum absolute atomic E-state index is 9.32. The van der Waals surface area contributed by atoms with Gasteiger partial charge in [-0.25, -0.2) is 0 Å². The van der Waals surface area contributed by atoms with E-state index in [0.29, 0.717) is 5.92 Å². The summed E-state index contributed by atoms with van der Waals surface area (Å²) in [5.41, 5.74) is 7.06. The van der Waals surface area contributed by atoms with Gasteiger partial charge < -0.3 is 15.6 Å². The van der Waals surface area contributed by atoms with E-state index in [0.717, 1.165) is 25.2 Å². The Bertz CT molecular complexity index is 308. The quantitative estimate of drug-likeness (QED) is 0.747. The fourth-order valence-electron chi connectivity index (χ4n) is 1.84. The third-order valence-corrected chi connectivity index (χ3v) is 2.73. The summed E-state index contributed by atoms with van der Waals surface area (Å²) in [7, 11) is 0. The van der Waals surface area contributed by atoms with Crippen molar-refractivity contribution < 1.29 is 9.84 Å². The van der Waals surface area contributed by atoms with Crippen LogP contribution in [0.4, 0.5) is 0 Å². The van der Waals surface area contributed by atoms with Crippen molar-refractivity contribution in [2.75, 3.05) is 13.2 Å². The second-order valence-electron chi connectivity index (χ2n) is 3.74. The zero-order valence-corrected chi connectivity index (χ0v) is 8.02. The molecule has 2 unspecified atom stereocenters. The van der Waals surface area contributed by atoms with E-state index < -0.39 is 0 Å². The lowest BCUT2D eigenvalue weighted by molar-refractivity contribution is 0.181. The minimum absolute atomic E-state index is 0.0235. The predicted octanol–water partition coefficient (Wildman–Crippen LogP) is 1.43. The summed E-state index contributed by atoms with van der Waals surface area (Å²) in [5, 5.41) is 9.32. The van der Waals surface area contributed by atoms with Crippen LogP contribution < -0.4 is 5.73 Å². The molecule has 14 heavy (non-hydrogen) atoms. The van der Waals surface area contributed by atoms with Crippen molar-refractivity contribution in [3.8, 4) is 5.75 Å². The van der Waals surface area contributed by atoms with Gasteiger partial charge >= 0.3 is 0 Å². The third-order valence-electron chi connectivity index (χ3n) is 2.73. The van der Waals surface area contributed by atoms with E-state index in [1.54, 1.807) is 12.1 Å². The number of benzene rings is 1. The molecule has 0 bridgehead atoms. The molecule has 76 valence electrons. The van der Waals surface area contributed by atoms with E-state index in [9.17, 15) is 5.11 Å². The summed E-state index contributed by atoms with van der Waals surface area (Å²) in [6, 6.07) is 7.12. The van der Waals surface area contributed by atoms with Crippen molar-refractivity contribution >= 4 is 0 Å². The molecule has 2 atom stereocenters. The monoisotopic (exact) mass is 193 g/mol. The van der Waals surface area contributed by atoms with E-state index in [1.807, 2.05) is 12.1 Å². The Morgan fingerprint density at radius 2 is 2.36 bits per heavy atom. The molecule has 0 spiro atoms. The fourth-order valence-corrected chi connectivity index (χ4v) is 1.84. The number of phenolic OH excluding ortho intramolecular Hbond substituents is 1. The SMILES string of the molecule is NC(c1cccc(O)c1)C1CCOC1. The highest BCUT2D eigenvalue weighted by Gasteiger charge is 2.23. The van der Waals surface area contributed by atoms with Crippen LogP contribution in [0.2, 0.25) is 0 Å². The molecule has 1 saturated heterocycles. The highest BCUT2D eigenvalue weighted by atomic mass is 16.5. The summed E-state index contributed by atoms with van der Waals surface area (Å²) in [4.78, 5) is 0. The lowest BCUT2D eigenvalue weighted by atomic mass is 9.93. The topological polar surface area (TPSA) is 55.5 Å². The molecule has 3 N–H and O–H groups in total. The lowest BCUT2D eigenvalue weighted by Gasteiger charge is -2.17. The average Bonchev–Trinajstić information content (AvgIpc) is 2.69. The first-order valence-electron chi connectivity index (χ1n) is 4.89. The molecule has 0 aliphatic carbocycles. The van der Waals surface area contributed by atoms with Crippen molar-refractivity contribution in [3.63, 3.8) is 0 Å². The molecule has 0 radical (unpaired) electrons. The van der Waals surface area contributed by atoms with Gasteiger partial charge in [0, 0.05) is 18.6 Å². The Balaban J connectivity index is 2.13. The van der Waals surface area contributed by atoms with Crippen LogP contribution in [0.15, 0.2) is 24.3 Å². The molecule has 3 nitrogen and oxygen atoms in total. The van der Waals surface area contributed by atoms with Crippen LogP contribution in [0.3, 0.4) is 0 Å². The largest absolute Gasteiger partial charge is 0.508 e. The number of hydrogen-bond acceptors (Lipinski definition) is 3. The molecule has 1 aliphatic heterocycles. The minimum Gasteiger partial charge on any atom is -0.508 e. The normalized spacial score (nSPS) is 23.6. The van der Waals surface area contributed by atoms with E-state index in [2.05, 4.69) is 0 Å². The molecule has 0 aromatic heterocycles. The number of nitrogens with two attached hydrogens (primary N) is 1. The van der Waals surface area contributed by atoms with Gasteiger partial charge in [-0.1, -0.05) is 12.1 Å². The molecular weight excluding hydrogens is 178 g/mol. The second-order valence-corrected chi connectivity index (χ2v) is 3.74. The molecule has 1 fully saturated rings. The van der Waals surface area contributed by atoms with Crippen molar-refractivity contribution in [2.45, 2.75) is 12.5 Å². The molecule has 0 amide bonds. The Hall–Kier alpha value is -1.06. The number of phenols is 1. The summed E-state index contributed by atoms with van der Waals surface area (Å²) in [6.07, 6.45) is 1.01. The van der Waals surface area contributed by atoms with E-state index in [4.69, 9.17) is 10.5 Å². The molecular formula is C11H15NO2. The molecule has 1 aromatic carbocycles. The first kappa shape index (κ1) is 9.49. The van der Waals surface area contributed by atoms with Crippen LogP contribution in [0.1, 0.15) is 18.0 Å². The van der Waals surface area contributed by atoms with Gasteiger partial charge in [0.1, 0.15) is 5.75 Å². The first-order valence-corrected chi connectivity index (χ1v) is 4.89. The van der Waals surface area contributed by atoms with Crippen molar-refractivity contribution in [3.05, 3.63) is 29.8 Å². The summed E-state index contributed by atoms with van der Waals surface area (Å²) in [6.45, 7) is 1.54. The van der Waals surface area contributed by atoms with Gasteiger partial charge in [0.05, 0.1) is 6.61 Å². The molecule has 1 heterocycles. The third kappa shape index (κ3) is 1.89. The zero-order valence-electron chi connectivity index (χ0n) is 8.02. The zero-order chi connectivity index (χ0) is 9.97. The number of rotatable bonds is 2. The average molecular weight is 193 g/mol. The van der Waals surface area contributed by atoms with Crippen molar-refractivity contribution in [1.82, 2.24) is 0 Å². The highest BCUT2D eigenvalue weighted by molar-refractivity contribution is 5.29. The van der Waals surface area contributed by atoms with Crippen LogP contribution in [-0.2, 0) is 4.74 Å².